The van der Waals surface area contributed by atoms with Gasteiger partial charge in [0.1, 0.15) is 11.6 Å². The quantitative estimate of drug-likeness (QED) is 0.232. The lowest BCUT2D eigenvalue weighted by atomic mass is 9.98. The van der Waals surface area contributed by atoms with E-state index in [9.17, 15) is 24.5 Å². The van der Waals surface area contributed by atoms with Crippen molar-refractivity contribution in [2.75, 3.05) is 0 Å². The van der Waals surface area contributed by atoms with E-state index in [0.29, 0.717) is 10.9 Å². The Labute approximate surface area is 183 Å². The molecule has 9 heteroatoms. The first kappa shape index (κ1) is 18.9. The number of fused-ring (bicyclic) bond motifs is 6. The molecule has 160 valence electrons. The summed E-state index contributed by atoms with van der Waals surface area (Å²) in [6.07, 6.45) is 0. The van der Waals surface area contributed by atoms with Crippen LogP contribution in [0.4, 0.5) is 5.69 Å². The van der Waals surface area contributed by atoms with Crippen molar-refractivity contribution in [2.45, 2.75) is 6.04 Å². The smallest absolute Gasteiger partial charge is 0.344 e. The van der Waals surface area contributed by atoms with Crippen LogP contribution in [0.5, 0.6) is 0 Å². The van der Waals surface area contributed by atoms with Crippen LogP contribution in [0.2, 0.25) is 0 Å². The summed E-state index contributed by atoms with van der Waals surface area (Å²) in [7, 11) is 0. The molecule has 1 unspecified atom stereocenters. The average Bonchev–Trinajstić information content (AvgIpc) is 3.20. The number of nitro benzene ring substituents is 1. The Bertz CT molecular complexity index is 1830. The van der Waals surface area contributed by atoms with Gasteiger partial charge in [0, 0.05) is 17.5 Å². The van der Waals surface area contributed by atoms with Crippen molar-refractivity contribution in [1.82, 2.24) is 9.36 Å². The molecule has 9 nitrogen and oxygen atoms in total. The Balaban J connectivity index is 1.86. The van der Waals surface area contributed by atoms with Gasteiger partial charge in [-0.3, -0.25) is 19.7 Å². The highest BCUT2D eigenvalue weighted by Gasteiger charge is 2.38. The fraction of sp³-hybridized carbons (Fsp3) is 0.0417. The van der Waals surface area contributed by atoms with Crippen LogP contribution < -0.4 is 16.7 Å². The van der Waals surface area contributed by atoms with Gasteiger partial charge >= 0.3 is 5.63 Å². The van der Waals surface area contributed by atoms with Gasteiger partial charge in [-0.1, -0.05) is 36.4 Å². The molecular weight excluding hydrogens is 426 g/mol. The fourth-order valence-corrected chi connectivity index (χ4v) is 4.58. The Morgan fingerprint density at radius 2 is 1.48 bits per heavy atom. The zero-order chi connectivity index (χ0) is 22.9. The highest BCUT2D eigenvalue weighted by Crippen LogP contribution is 2.38. The lowest BCUT2D eigenvalue weighted by Crippen LogP contribution is -2.36. The number of nitro groups is 1. The van der Waals surface area contributed by atoms with Gasteiger partial charge in [-0.2, -0.15) is 0 Å². The second-order valence-corrected chi connectivity index (χ2v) is 7.71. The molecule has 1 atom stereocenters. The molecule has 0 bridgehead atoms. The van der Waals surface area contributed by atoms with Gasteiger partial charge in [0.25, 0.3) is 16.8 Å². The second kappa shape index (κ2) is 6.60. The predicted molar refractivity (Wildman–Crippen MR) is 120 cm³/mol. The molecule has 0 radical (unpaired) electrons. The summed E-state index contributed by atoms with van der Waals surface area (Å²) in [6.45, 7) is 0. The normalized spacial score (nSPS) is 14.4. The molecule has 1 aliphatic rings. The van der Waals surface area contributed by atoms with E-state index in [0.717, 1.165) is 0 Å². The first-order chi connectivity index (χ1) is 16.0. The van der Waals surface area contributed by atoms with E-state index < -0.39 is 27.7 Å². The summed E-state index contributed by atoms with van der Waals surface area (Å²) in [6, 6.07) is 17.7. The van der Waals surface area contributed by atoms with Gasteiger partial charge in [0.05, 0.1) is 26.9 Å². The third-order valence-corrected chi connectivity index (χ3v) is 5.95. The minimum Gasteiger partial charge on any atom is -0.422 e. The summed E-state index contributed by atoms with van der Waals surface area (Å²) >= 11 is 0. The summed E-state index contributed by atoms with van der Waals surface area (Å²) in [5, 5.41) is 12.3. The number of non-ortho nitro benzene ring substituents is 1. The van der Waals surface area contributed by atoms with Crippen molar-refractivity contribution in [3.63, 3.8) is 0 Å². The number of benzene rings is 3. The van der Waals surface area contributed by atoms with E-state index in [4.69, 9.17) is 4.42 Å². The lowest BCUT2D eigenvalue weighted by molar-refractivity contribution is -0.384. The summed E-state index contributed by atoms with van der Waals surface area (Å²) < 4.78 is 7.91. The molecule has 0 fully saturated rings. The third-order valence-electron chi connectivity index (χ3n) is 5.95. The molecule has 0 spiro atoms. The SMILES string of the molecule is O=c1oc2ccccc2c2c1C(c1cccc([N+](=O)[O-])c1)n1c(=O)c3ccccc3c(=O)n1-2. The van der Waals surface area contributed by atoms with Crippen LogP contribution in [0, 0.1) is 10.1 Å². The number of nitrogens with zero attached hydrogens (tertiary/aromatic N) is 3. The van der Waals surface area contributed by atoms with Gasteiger partial charge in [-0.05, 0) is 29.8 Å². The van der Waals surface area contributed by atoms with Gasteiger partial charge in [-0.15, -0.1) is 0 Å². The number of aromatic nitrogens is 2. The van der Waals surface area contributed by atoms with Crippen molar-refractivity contribution in [1.29, 1.82) is 0 Å². The van der Waals surface area contributed by atoms with E-state index in [-0.39, 0.29) is 33.3 Å². The summed E-state index contributed by atoms with van der Waals surface area (Å²) in [4.78, 5) is 51.3. The maximum absolute atomic E-state index is 13.6. The molecule has 0 aliphatic carbocycles. The van der Waals surface area contributed by atoms with E-state index in [1.807, 2.05) is 0 Å². The Kier molecular flexibility index (Phi) is 3.79. The zero-order valence-corrected chi connectivity index (χ0v) is 16.8. The first-order valence-electron chi connectivity index (χ1n) is 10.0. The topological polar surface area (TPSA) is 117 Å². The minimum absolute atomic E-state index is 0.0729. The van der Waals surface area contributed by atoms with Crippen molar-refractivity contribution >= 4 is 27.4 Å². The summed E-state index contributed by atoms with van der Waals surface area (Å²) in [5.74, 6) is 0. The van der Waals surface area contributed by atoms with E-state index in [1.54, 1.807) is 54.6 Å². The van der Waals surface area contributed by atoms with E-state index in [2.05, 4.69) is 0 Å². The van der Waals surface area contributed by atoms with Crippen LogP contribution in [0.15, 0.2) is 91.6 Å². The molecule has 1 aliphatic heterocycles. The van der Waals surface area contributed by atoms with Crippen LogP contribution in [-0.4, -0.2) is 14.3 Å². The van der Waals surface area contributed by atoms with Crippen LogP contribution in [0.25, 0.3) is 27.4 Å². The highest BCUT2D eigenvalue weighted by molar-refractivity contribution is 5.89. The Morgan fingerprint density at radius 3 is 2.21 bits per heavy atom. The lowest BCUT2D eigenvalue weighted by Gasteiger charge is -2.15. The number of para-hydroxylation sites is 1. The predicted octanol–water partition coefficient (Wildman–Crippen LogP) is 3.12. The number of rotatable bonds is 2. The van der Waals surface area contributed by atoms with E-state index >= 15 is 0 Å². The number of hydrogen-bond acceptors (Lipinski definition) is 6. The van der Waals surface area contributed by atoms with Gasteiger partial charge in [0.15, 0.2) is 0 Å². The first-order valence-corrected chi connectivity index (χ1v) is 10.0. The Hall–Kier alpha value is -4.79. The average molecular weight is 439 g/mol. The highest BCUT2D eigenvalue weighted by atomic mass is 16.6. The maximum atomic E-state index is 13.6. The van der Waals surface area contributed by atoms with E-state index in [1.165, 1.54) is 27.6 Å². The van der Waals surface area contributed by atoms with Crippen LogP contribution >= 0.6 is 0 Å². The molecule has 5 aromatic rings. The molecular formula is C24H13N3O6. The molecule has 0 saturated carbocycles. The Morgan fingerprint density at radius 1 is 0.818 bits per heavy atom. The molecule has 0 N–H and O–H groups in total. The number of hydrogen-bond donors (Lipinski definition) is 0. The molecule has 3 aromatic carbocycles. The zero-order valence-electron chi connectivity index (χ0n) is 16.8. The standard InChI is InChI=1S/C24H13N3O6/c28-22-15-8-1-2-9-16(15)23(29)26-21-17-10-3-4-11-18(17)33-24(30)19(21)20(25(22)26)13-6-5-7-14(12-13)27(31)32/h1-12,20H. The van der Waals surface area contributed by atoms with Crippen molar-refractivity contribution < 1.29 is 9.34 Å². The molecule has 3 heterocycles. The fourth-order valence-electron chi connectivity index (χ4n) is 4.58. The van der Waals surface area contributed by atoms with Crippen LogP contribution in [0.3, 0.4) is 0 Å². The van der Waals surface area contributed by atoms with Crippen molar-refractivity contribution in [3.05, 3.63) is 125 Å². The van der Waals surface area contributed by atoms with Gasteiger partial charge < -0.3 is 4.42 Å². The maximum Gasteiger partial charge on any atom is 0.344 e. The second-order valence-electron chi connectivity index (χ2n) is 7.71. The molecule has 0 amide bonds. The monoisotopic (exact) mass is 439 g/mol. The third kappa shape index (κ3) is 2.50. The van der Waals surface area contributed by atoms with Gasteiger partial charge in [0.2, 0.25) is 0 Å². The van der Waals surface area contributed by atoms with Crippen LogP contribution in [-0.2, 0) is 0 Å². The largest absolute Gasteiger partial charge is 0.422 e. The van der Waals surface area contributed by atoms with Crippen molar-refractivity contribution in [2.24, 2.45) is 0 Å². The van der Waals surface area contributed by atoms with Crippen LogP contribution in [0.1, 0.15) is 17.2 Å². The van der Waals surface area contributed by atoms with Crippen molar-refractivity contribution in [3.8, 4) is 5.69 Å². The minimum atomic E-state index is -1.08. The summed E-state index contributed by atoms with van der Waals surface area (Å²) in [5.41, 5.74) is -1.00. The molecule has 6 rings (SSSR count). The van der Waals surface area contributed by atoms with Gasteiger partial charge in [-0.25, -0.2) is 14.2 Å². The molecule has 0 saturated heterocycles. The molecule has 2 aromatic heterocycles. The molecule has 33 heavy (non-hydrogen) atoms.